The zero-order valence-electron chi connectivity index (χ0n) is 13.5. The number of nitrogens with zero attached hydrogens (tertiary/aromatic N) is 2. The Kier molecular flexibility index (Phi) is 6.38. The van der Waals surface area contributed by atoms with Gasteiger partial charge in [-0.15, -0.1) is 0 Å². The molecule has 0 fully saturated rings. The summed E-state index contributed by atoms with van der Waals surface area (Å²) in [7, 11) is 0. The molecule has 0 aliphatic carbocycles. The summed E-state index contributed by atoms with van der Waals surface area (Å²) in [6, 6.07) is 4.88. The Morgan fingerprint density at radius 2 is 1.92 bits per heavy atom. The molecular formula is C16H18Cl3N3O2. The number of halogens is 3. The Morgan fingerprint density at radius 3 is 2.58 bits per heavy atom. The summed E-state index contributed by atoms with van der Waals surface area (Å²) in [5, 5.41) is 7.95. The highest BCUT2D eigenvalue weighted by atomic mass is 35.5. The maximum absolute atomic E-state index is 12.4. The van der Waals surface area contributed by atoms with Crippen molar-refractivity contribution < 1.29 is 9.53 Å². The van der Waals surface area contributed by atoms with Crippen molar-refractivity contribution in [1.82, 2.24) is 9.78 Å². The molecule has 2 atom stereocenters. The van der Waals surface area contributed by atoms with Crippen LogP contribution in [0.1, 0.15) is 33.2 Å². The van der Waals surface area contributed by atoms with Crippen LogP contribution in [0.15, 0.2) is 24.4 Å². The molecule has 8 heteroatoms. The second-order valence-corrected chi connectivity index (χ2v) is 6.59. The van der Waals surface area contributed by atoms with Crippen molar-refractivity contribution in [2.75, 3.05) is 5.32 Å². The molecule has 1 amide bonds. The third kappa shape index (κ3) is 4.35. The van der Waals surface area contributed by atoms with Gasteiger partial charge in [-0.2, -0.15) is 5.10 Å². The van der Waals surface area contributed by atoms with Crippen LogP contribution in [0.25, 0.3) is 0 Å². The average Bonchev–Trinajstić information content (AvgIpc) is 2.99. The maximum Gasteiger partial charge on any atom is 0.266 e. The topological polar surface area (TPSA) is 56.2 Å². The van der Waals surface area contributed by atoms with Crippen LogP contribution in [0.3, 0.4) is 0 Å². The van der Waals surface area contributed by atoms with Gasteiger partial charge < -0.3 is 10.1 Å². The molecule has 1 heterocycles. The van der Waals surface area contributed by atoms with Crippen LogP contribution >= 0.6 is 34.8 Å². The van der Waals surface area contributed by atoms with E-state index in [1.165, 1.54) is 12.1 Å². The molecule has 0 saturated carbocycles. The van der Waals surface area contributed by atoms with E-state index in [-0.39, 0.29) is 17.0 Å². The van der Waals surface area contributed by atoms with Crippen molar-refractivity contribution in [2.24, 2.45) is 0 Å². The minimum atomic E-state index is -0.778. The number of rotatable bonds is 6. The van der Waals surface area contributed by atoms with E-state index >= 15 is 0 Å². The number of aromatic nitrogens is 2. The SMILES string of the molecule is CC[C@@H](C)n1nccc1NC(=O)[C@H](C)Oc1cc(Cl)c(Cl)cc1Cl. The predicted octanol–water partition coefficient (Wildman–Crippen LogP) is 5.22. The van der Waals surface area contributed by atoms with E-state index in [1.807, 2.05) is 6.92 Å². The zero-order chi connectivity index (χ0) is 17.9. The summed E-state index contributed by atoms with van der Waals surface area (Å²) in [5.41, 5.74) is 0. The molecular weight excluding hydrogens is 373 g/mol. The van der Waals surface area contributed by atoms with Gasteiger partial charge in [-0.05, 0) is 26.3 Å². The molecule has 0 aliphatic rings. The summed E-state index contributed by atoms with van der Waals surface area (Å²) in [6.45, 7) is 5.70. The molecule has 0 aliphatic heterocycles. The van der Waals surface area contributed by atoms with Gasteiger partial charge >= 0.3 is 0 Å². The van der Waals surface area contributed by atoms with Crippen molar-refractivity contribution in [1.29, 1.82) is 0 Å². The number of nitrogens with one attached hydrogen (secondary N) is 1. The maximum atomic E-state index is 12.4. The summed E-state index contributed by atoms with van der Waals surface area (Å²) in [6.07, 6.45) is 1.76. The highest BCUT2D eigenvalue weighted by molar-refractivity contribution is 6.43. The first-order valence-corrected chi connectivity index (χ1v) is 8.62. The van der Waals surface area contributed by atoms with Gasteiger partial charge in [0.2, 0.25) is 0 Å². The lowest BCUT2D eigenvalue weighted by Gasteiger charge is -2.18. The molecule has 0 unspecified atom stereocenters. The van der Waals surface area contributed by atoms with Crippen molar-refractivity contribution in [3.05, 3.63) is 39.5 Å². The Balaban J connectivity index is 2.08. The highest BCUT2D eigenvalue weighted by Gasteiger charge is 2.19. The fourth-order valence-corrected chi connectivity index (χ4v) is 2.59. The van der Waals surface area contributed by atoms with Gasteiger partial charge in [0.15, 0.2) is 6.10 Å². The van der Waals surface area contributed by atoms with Crippen LogP contribution < -0.4 is 10.1 Å². The number of carbonyl (C=O) groups is 1. The molecule has 2 aromatic rings. The minimum Gasteiger partial charge on any atom is -0.479 e. The number of hydrogen-bond donors (Lipinski definition) is 1. The molecule has 0 saturated heterocycles. The van der Waals surface area contributed by atoms with Crippen LogP contribution in [-0.4, -0.2) is 21.8 Å². The Bertz CT molecular complexity index is 733. The van der Waals surface area contributed by atoms with Gasteiger partial charge in [0.05, 0.1) is 27.3 Å². The van der Waals surface area contributed by atoms with Gasteiger partial charge in [0, 0.05) is 12.1 Å². The van der Waals surface area contributed by atoms with Gasteiger partial charge in [0.1, 0.15) is 11.6 Å². The van der Waals surface area contributed by atoms with Gasteiger partial charge in [0.25, 0.3) is 5.91 Å². The second kappa shape index (κ2) is 8.10. The molecule has 1 aromatic carbocycles. The van der Waals surface area contributed by atoms with E-state index in [9.17, 15) is 4.79 Å². The highest BCUT2D eigenvalue weighted by Crippen LogP contribution is 2.34. The first-order chi connectivity index (χ1) is 11.3. The third-order valence-electron chi connectivity index (χ3n) is 3.58. The fourth-order valence-electron chi connectivity index (χ4n) is 2.00. The minimum absolute atomic E-state index is 0.177. The molecule has 130 valence electrons. The molecule has 1 N–H and O–H groups in total. The van der Waals surface area contributed by atoms with E-state index in [4.69, 9.17) is 39.5 Å². The van der Waals surface area contributed by atoms with Gasteiger partial charge in [-0.1, -0.05) is 41.7 Å². The number of hydrogen-bond acceptors (Lipinski definition) is 3. The molecule has 1 aromatic heterocycles. The van der Waals surface area contributed by atoms with Crippen molar-refractivity contribution in [3.63, 3.8) is 0 Å². The first kappa shape index (κ1) is 18.9. The van der Waals surface area contributed by atoms with Crippen LogP contribution in [0.4, 0.5) is 5.82 Å². The molecule has 0 bridgehead atoms. The summed E-state index contributed by atoms with van der Waals surface area (Å²) < 4.78 is 7.36. The monoisotopic (exact) mass is 389 g/mol. The van der Waals surface area contributed by atoms with E-state index < -0.39 is 6.10 Å². The predicted molar refractivity (Wildman–Crippen MR) is 97.4 cm³/mol. The lowest BCUT2D eigenvalue weighted by atomic mass is 10.3. The van der Waals surface area contributed by atoms with E-state index in [0.29, 0.717) is 21.6 Å². The quantitative estimate of drug-likeness (QED) is 0.688. The molecule has 24 heavy (non-hydrogen) atoms. The largest absolute Gasteiger partial charge is 0.479 e. The Hall–Kier alpha value is -1.43. The average molecular weight is 391 g/mol. The van der Waals surface area contributed by atoms with Gasteiger partial charge in [-0.3, -0.25) is 4.79 Å². The number of ether oxygens (including phenoxy) is 1. The Labute approximate surface area is 155 Å². The standard InChI is InChI=1S/C16H18Cl3N3O2/c1-4-9(2)22-15(5-6-20-22)21-16(23)10(3)24-14-8-12(18)11(17)7-13(14)19/h5-10H,4H2,1-3H3,(H,21,23)/t9-,10+/m1/s1. The van der Waals surface area contributed by atoms with Crippen molar-refractivity contribution >= 4 is 46.5 Å². The number of carbonyl (C=O) groups excluding carboxylic acids is 1. The van der Waals surface area contributed by atoms with Gasteiger partial charge in [-0.25, -0.2) is 4.68 Å². The molecule has 0 radical (unpaired) electrons. The summed E-state index contributed by atoms with van der Waals surface area (Å²) in [4.78, 5) is 12.4. The van der Waals surface area contributed by atoms with Crippen molar-refractivity contribution in [2.45, 2.75) is 39.3 Å². The van der Waals surface area contributed by atoms with Crippen LogP contribution in [0.2, 0.25) is 15.1 Å². The van der Waals surface area contributed by atoms with E-state index in [1.54, 1.807) is 23.9 Å². The zero-order valence-corrected chi connectivity index (χ0v) is 15.8. The number of amides is 1. The third-order valence-corrected chi connectivity index (χ3v) is 4.60. The number of benzene rings is 1. The molecule has 2 rings (SSSR count). The Morgan fingerprint density at radius 1 is 1.25 bits per heavy atom. The van der Waals surface area contributed by atoms with Crippen LogP contribution in [-0.2, 0) is 4.79 Å². The van der Waals surface area contributed by atoms with Crippen LogP contribution in [0.5, 0.6) is 5.75 Å². The summed E-state index contributed by atoms with van der Waals surface area (Å²) >= 11 is 17.9. The number of anilines is 1. The fraction of sp³-hybridized carbons (Fsp3) is 0.375. The van der Waals surface area contributed by atoms with Crippen molar-refractivity contribution in [3.8, 4) is 5.75 Å². The molecule has 0 spiro atoms. The lowest BCUT2D eigenvalue weighted by molar-refractivity contribution is -0.122. The smallest absolute Gasteiger partial charge is 0.266 e. The lowest BCUT2D eigenvalue weighted by Crippen LogP contribution is -2.31. The van der Waals surface area contributed by atoms with E-state index in [0.717, 1.165) is 6.42 Å². The normalized spacial score (nSPS) is 13.4. The van der Waals surface area contributed by atoms with Crippen LogP contribution in [0, 0.1) is 0 Å². The second-order valence-electron chi connectivity index (χ2n) is 5.36. The molecule has 5 nitrogen and oxygen atoms in total. The first-order valence-electron chi connectivity index (χ1n) is 7.49. The van der Waals surface area contributed by atoms with E-state index in [2.05, 4.69) is 17.3 Å². The summed E-state index contributed by atoms with van der Waals surface area (Å²) in [5.74, 6) is 0.594.